The van der Waals surface area contributed by atoms with Crippen molar-refractivity contribution in [1.82, 2.24) is 0 Å². The lowest BCUT2D eigenvalue weighted by Gasteiger charge is -2.34. The minimum Gasteiger partial charge on any atom is -0.383 e. The Morgan fingerprint density at radius 1 is 1.33 bits per heavy atom. The van der Waals surface area contributed by atoms with Gasteiger partial charge in [0.25, 0.3) is 0 Å². The molecule has 0 spiro atoms. The molecule has 0 unspecified atom stereocenters. The highest BCUT2D eigenvalue weighted by Crippen LogP contribution is 2.38. The number of carbonyl (C=O) groups excluding carboxylic acids is 1. The first-order valence-corrected chi connectivity index (χ1v) is 6.89. The lowest BCUT2D eigenvalue weighted by atomic mass is 9.87. The molecule has 3 nitrogen and oxygen atoms in total. The summed E-state index contributed by atoms with van der Waals surface area (Å²) in [5.41, 5.74) is -0.127. The molecule has 0 saturated heterocycles. The Balaban J connectivity index is 2.52. The lowest BCUT2D eigenvalue weighted by molar-refractivity contribution is -0.137. The maximum absolute atomic E-state index is 12.9. The predicted molar refractivity (Wildman–Crippen MR) is 76.4 cm³/mol. The molecule has 6 heteroatoms. The maximum Gasteiger partial charge on any atom is 0.416 e. The normalized spacial score (nSPS) is 18.6. The number of nitrogens with one attached hydrogen (secondary N) is 1. The van der Waals surface area contributed by atoms with Gasteiger partial charge in [0.2, 0.25) is 5.91 Å². The van der Waals surface area contributed by atoms with E-state index in [0.717, 1.165) is 12.1 Å². The first-order valence-electron chi connectivity index (χ1n) is 6.89. The fourth-order valence-electron chi connectivity index (χ4n) is 2.46. The van der Waals surface area contributed by atoms with Crippen molar-refractivity contribution in [2.24, 2.45) is 5.41 Å². The minimum atomic E-state index is -4.42. The topological polar surface area (TPSA) is 32.3 Å². The highest BCUT2D eigenvalue weighted by molar-refractivity contribution is 5.97. The third kappa shape index (κ3) is 3.31. The van der Waals surface area contributed by atoms with Crippen LogP contribution in [0.2, 0.25) is 0 Å². The Bertz CT molecular complexity index is 552. The molecule has 21 heavy (non-hydrogen) atoms. The molecule has 0 bridgehead atoms. The van der Waals surface area contributed by atoms with Gasteiger partial charge in [0, 0.05) is 19.5 Å². The van der Waals surface area contributed by atoms with Gasteiger partial charge in [0.05, 0.1) is 16.9 Å². The molecule has 0 fully saturated rings. The van der Waals surface area contributed by atoms with E-state index >= 15 is 0 Å². The van der Waals surface area contributed by atoms with Crippen LogP contribution in [0.25, 0.3) is 0 Å². The van der Waals surface area contributed by atoms with E-state index in [0.29, 0.717) is 30.9 Å². The van der Waals surface area contributed by atoms with E-state index in [1.165, 1.54) is 11.0 Å². The second kappa shape index (κ2) is 5.24. The van der Waals surface area contributed by atoms with Crippen LogP contribution in [-0.4, -0.2) is 19.0 Å². The van der Waals surface area contributed by atoms with Crippen molar-refractivity contribution in [3.63, 3.8) is 0 Å². The van der Waals surface area contributed by atoms with Crippen LogP contribution in [0.5, 0.6) is 0 Å². The molecule has 1 amide bonds. The van der Waals surface area contributed by atoms with Crippen LogP contribution in [0.4, 0.5) is 24.5 Å². The van der Waals surface area contributed by atoms with Crippen molar-refractivity contribution in [3.8, 4) is 0 Å². The molecule has 1 heterocycles. The third-order valence-corrected chi connectivity index (χ3v) is 3.62. The molecule has 1 aromatic rings. The number of halogens is 3. The molecular formula is C15H19F3N2O. The molecule has 1 aliphatic heterocycles. The summed E-state index contributed by atoms with van der Waals surface area (Å²) in [6.07, 6.45) is -4.12. The van der Waals surface area contributed by atoms with Gasteiger partial charge in [-0.05, 0) is 30.5 Å². The van der Waals surface area contributed by atoms with E-state index in [-0.39, 0.29) is 11.3 Å². The fraction of sp³-hybridized carbons (Fsp3) is 0.533. The van der Waals surface area contributed by atoms with Crippen LogP contribution in [-0.2, 0) is 11.0 Å². The molecule has 2 rings (SSSR count). The number of hydrogen-bond acceptors (Lipinski definition) is 2. The Morgan fingerprint density at radius 3 is 2.57 bits per heavy atom. The second-order valence-electron chi connectivity index (χ2n) is 6.06. The number of nitrogens with zero attached hydrogens (tertiary/aromatic N) is 1. The molecule has 1 N–H and O–H groups in total. The number of hydrogen-bond donors (Lipinski definition) is 1. The summed E-state index contributed by atoms with van der Waals surface area (Å²) in [6.45, 7) is 6.55. The second-order valence-corrected chi connectivity index (χ2v) is 6.06. The summed E-state index contributed by atoms with van der Waals surface area (Å²) in [6, 6.07) is 3.48. The number of amides is 1. The van der Waals surface area contributed by atoms with Gasteiger partial charge in [-0.1, -0.05) is 13.8 Å². The summed E-state index contributed by atoms with van der Waals surface area (Å²) in [4.78, 5) is 13.8. The molecule has 1 aromatic carbocycles. The van der Waals surface area contributed by atoms with Crippen LogP contribution in [0.15, 0.2) is 18.2 Å². The zero-order chi connectivity index (χ0) is 15.8. The molecule has 0 radical (unpaired) electrons. The molecule has 0 aliphatic carbocycles. The Morgan fingerprint density at radius 2 is 2.00 bits per heavy atom. The predicted octanol–water partition coefficient (Wildman–Crippen LogP) is 3.90. The van der Waals surface area contributed by atoms with Crippen LogP contribution >= 0.6 is 0 Å². The average molecular weight is 300 g/mol. The van der Waals surface area contributed by atoms with Gasteiger partial charge in [-0.3, -0.25) is 4.79 Å². The largest absolute Gasteiger partial charge is 0.416 e. The number of benzene rings is 1. The van der Waals surface area contributed by atoms with Gasteiger partial charge >= 0.3 is 6.18 Å². The SMILES string of the molecule is CCN1C(=O)CC(C)(C)CNc2ccc(C(F)(F)F)cc21. The summed E-state index contributed by atoms with van der Waals surface area (Å²) < 4.78 is 38.6. The van der Waals surface area contributed by atoms with Crippen LogP contribution in [0.1, 0.15) is 32.8 Å². The van der Waals surface area contributed by atoms with Crippen molar-refractivity contribution in [1.29, 1.82) is 0 Å². The van der Waals surface area contributed by atoms with Crippen molar-refractivity contribution >= 4 is 17.3 Å². The Hall–Kier alpha value is -1.72. The first kappa shape index (κ1) is 15.7. The van der Waals surface area contributed by atoms with Crippen molar-refractivity contribution in [2.45, 2.75) is 33.4 Å². The van der Waals surface area contributed by atoms with E-state index < -0.39 is 11.7 Å². The van der Waals surface area contributed by atoms with Crippen molar-refractivity contribution in [3.05, 3.63) is 23.8 Å². The quantitative estimate of drug-likeness (QED) is 0.853. The number of anilines is 2. The van der Waals surface area contributed by atoms with Gasteiger partial charge in [0.15, 0.2) is 0 Å². The van der Waals surface area contributed by atoms with Gasteiger partial charge in [-0.25, -0.2) is 0 Å². The molecule has 1 aliphatic rings. The van der Waals surface area contributed by atoms with E-state index in [1.54, 1.807) is 6.92 Å². The average Bonchev–Trinajstić information content (AvgIpc) is 2.35. The maximum atomic E-state index is 12.9. The smallest absolute Gasteiger partial charge is 0.383 e. The van der Waals surface area contributed by atoms with Gasteiger partial charge in [0.1, 0.15) is 0 Å². The summed E-state index contributed by atoms with van der Waals surface area (Å²) >= 11 is 0. The van der Waals surface area contributed by atoms with Gasteiger partial charge in [-0.2, -0.15) is 13.2 Å². The summed E-state index contributed by atoms with van der Waals surface area (Å²) in [7, 11) is 0. The van der Waals surface area contributed by atoms with Gasteiger partial charge < -0.3 is 10.2 Å². The zero-order valence-electron chi connectivity index (χ0n) is 12.3. The van der Waals surface area contributed by atoms with Crippen LogP contribution in [0, 0.1) is 5.41 Å². The molecule has 0 saturated carbocycles. The summed E-state index contributed by atoms with van der Waals surface area (Å²) in [5, 5.41) is 3.16. The molecule has 0 aromatic heterocycles. The monoisotopic (exact) mass is 300 g/mol. The van der Waals surface area contributed by atoms with Crippen LogP contribution in [0.3, 0.4) is 0 Å². The van der Waals surface area contributed by atoms with E-state index in [1.807, 2.05) is 13.8 Å². The highest BCUT2D eigenvalue weighted by atomic mass is 19.4. The lowest BCUT2D eigenvalue weighted by Crippen LogP contribution is -2.39. The van der Waals surface area contributed by atoms with Crippen LogP contribution < -0.4 is 10.2 Å². The number of rotatable bonds is 1. The van der Waals surface area contributed by atoms with E-state index in [4.69, 9.17) is 0 Å². The fourth-order valence-corrected chi connectivity index (χ4v) is 2.46. The highest BCUT2D eigenvalue weighted by Gasteiger charge is 2.34. The Kier molecular flexibility index (Phi) is 3.91. The standard InChI is InChI=1S/C15H19F3N2O/c1-4-20-12-7-10(15(16,17)18)5-6-11(12)19-9-14(2,3)8-13(20)21/h5-7,19H,4,8-9H2,1-3H3. The van der Waals surface area contributed by atoms with E-state index in [2.05, 4.69) is 5.32 Å². The summed E-state index contributed by atoms with van der Waals surface area (Å²) in [5.74, 6) is -0.149. The number of carbonyl (C=O) groups is 1. The molecule has 0 atom stereocenters. The first-order chi connectivity index (χ1) is 9.64. The number of alkyl halides is 3. The Labute approximate surface area is 122 Å². The van der Waals surface area contributed by atoms with Crippen molar-refractivity contribution < 1.29 is 18.0 Å². The minimum absolute atomic E-state index is 0.149. The van der Waals surface area contributed by atoms with E-state index in [9.17, 15) is 18.0 Å². The van der Waals surface area contributed by atoms with Crippen molar-refractivity contribution in [2.75, 3.05) is 23.3 Å². The zero-order valence-corrected chi connectivity index (χ0v) is 12.3. The van der Waals surface area contributed by atoms with Gasteiger partial charge in [-0.15, -0.1) is 0 Å². The molecular weight excluding hydrogens is 281 g/mol. The molecule has 116 valence electrons. The number of fused-ring (bicyclic) bond motifs is 1. The third-order valence-electron chi connectivity index (χ3n) is 3.62.